The van der Waals surface area contributed by atoms with E-state index in [-0.39, 0.29) is 23.7 Å². The summed E-state index contributed by atoms with van der Waals surface area (Å²) in [6.07, 6.45) is 4.61. The Balaban J connectivity index is 1.54. The monoisotopic (exact) mass is 527 g/mol. The van der Waals surface area contributed by atoms with E-state index in [0.29, 0.717) is 46.1 Å². The molecule has 2 aromatic heterocycles. The number of furan rings is 1. The molecule has 3 aromatic carbocycles. The van der Waals surface area contributed by atoms with E-state index in [4.69, 9.17) is 9.15 Å². The van der Waals surface area contributed by atoms with E-state index in [0.717, 1.165) is 24.2 Å². The smallest absolute Gasteiger partial charge is 0.339 e. The first-order valence-electron chi connectivity index (χ1n) is 12.7. The molecule has 1 saturated heterocycles. The van der Waals surface area contributed by atoms with Gasteiger partial charge in [-0.15, -0.1) is 0 Å². The van der Waals surface area contributed by atoms with Crippen molar-refractivity contribution in [2.75, 3.05) is 26.2 Å². The van der Waals surface area contributed by atoms with Crippen LogP contribution in [-0.2, 0) is 6.61 Å². The molecule has 5 aromatic rings. The van der Waals surface area contributed by atoms with Crippen LogP contribution < -0.4 is 10.1 Å². The molecule has 6 rings (SSSR count). The van der Waals surface area contributed by atoms with Gasteiger partial charge in [0.2, 0.25) is 0 Å². The lowest BCUT2D eigenvalue weighted by Crippen LogP contribution is -2.45. The van der Waals surface area contributed by atoms with Crippen molar-refractivity contribution < 1.29 is 28.6 Å². The minimum atomic E-state index is -1.14. The number of fused-ring (bicyclic) bond motifs is 3. The first-order valence-corrected chi connectivity index (χ1v) is 12.7. The lowest BCUT2D eigenvalue weighted by molar-refractivity contribution is 0.0698. The number of aromatic carboxylic acids is 1. The molecule has 1 atom stereocenters. The van der Waals surface area contributed by atoms with Gasteiger partial charge in [-0.25, -0.2) is 9.18 Å². The second-order valence-electron chi connectivity index (χ2n) is 9.51. The van der Waals surface area contributed by atoms with Gasteiger partial charge in [-0.1, -0.05) is 12.1 Å². The van der Waals surface area contributed by atoms with E-state index in [1.165, 1.54) is 18.4 Å². The maximum absolute atomic E-state index is 13.3. The van der Waals surface area contributed by atoms with Crippen LogP contribution in [0.3, 0.4) is 0 Å². The standard InChI is InChI=1S/C30H26FN3O5/c31-20-3-1-18(2-4-20)16-38-21-5-6-22-23(15-21)28(35)26(25-24(30(36)37)17-39-29(22)25)27(19-7-9-32-10-8-19)34-13-11-33-12-14-34/h1-10,15,17,27,33,35H,11-14,16H2,(H,36,37). The summed E-state index contributed by atoms with van der Waals surface area (Å²) in [6.45, 7) is 3.14. The van der Waals surface area contributed by atoms with Crippen molar-refractivity contribution in [1.82, 2.24) is 15.2 Å². The summed E-state index contributed by atoms with van der Waals surface area (Å²) in [4.78, 5) is 18.7. The number of phenols is 1. The molecule has 3 N–H and O–H groups in total. The van der Waals surface area contributed by atoms with Crippen LogP contribution in [0.1, 0.15) is 33.1 Å². The molecule has 0 bridgehead atoms. The Bertz CT molecular complexity index is 1650. The fraction of sp³-hybridized carbons (Fsp3) is 0.200. The third-order valence-electron chi connectivity index (χ3n) is 7.17. The van der Waals surface area contributed by atoms with E-state index in [2.05, 4.69) is 15.2 Å². The Labute approximate surface area is 223 Å². The van der Waals surface area contributed by atoms with E-state index in [9.17, 15) is 19.4 Å². The molecule has 8 nitrogen and oxygen atoms in total. The van der Waals surface area contributed by atoms with Crippen molar-refractivity contribution in [3.05, 3.63) is 101 Å². The molecule has 0 radical (unpaired) electrons. The van der Waals surface area contributed by atoms with Crippen LogP contribution in [0.25, 0.3) is 21.7 Å². The van der Waals surface area contributed by atoms with Crippen LogP contribution in [0.5, 0.6) is 11.5 Å². The summed E-state index contributed by atoms with van der Waals surface area (Å²) in [7, 11) is 0. The number of ether oxygens (including phenoxy) is 1. The van der Waals surface area contributed by atoms with Crippen LogP contribution >= 0.6 is 0 Å². The number of carboxylic acids is 1. The fourth-order valence-corrected chi connectivity index (χ4v) is 5.31. The minimum absolute atomic E-state index is 0.0111. The van der Waals surface area contributed by atoms with Crippen molar-refractivity contribution in [2.24, 2.45) is 0 Å². The SMILES string of the molecule is O=C(O)c1coc2c1c(C(c1ccncc1)N1CCNCC1)c(O)c1cc(OCc3ccc(F)cc3)ccc12. The quantitative estimate of drug-likeness (QED) is 0.268. The Morgan fingerprint density at radius 3 is 2.54 bits per heavy atom. The lowest BCUT2D eigenvalue weighted by Gasteiger charge is -2.36. The van der Waals surface area contributed by atoms with Crippen molar-refractivity contribution in [3.8, 4) is 11.5 Å². The molecular formula is C30H26FN3O5. The summed E-state index contributed by atoms with van der Waals surface area (Å²) in [5, 5.41) is 26.7. The topological polar surface area (TPSA) is 108 Å². The molecule has 198 valence electrons. The molecule has 1 fully saturated rings. The van der Waals surface area contributed by atoms with Crippen molar-refractivity contribution in [2.45, 2.75) is 12.6 Å². The largest absolute Gasteiger partial charge is 0.507 e. The molecule has 1 aliphatic heterocycles. The second kappa shape index (κ2) is 10.4. The number of benzene rings is 3. The highest BCUT2D eigenvalue weighted by Crippen LogP contribution is 2.47. The molecule has 3 heterocycles. The van der Waals surface area contributed by atoms with Gasteiger partial charge in [-0.05, 0) is 53.6 Å². The molecule has 0 aliphatic carbocycles. The minimum Gasteiger partial charge on any atom is -0.507 e. The van der Waals surface area contributed by atoms with Crippen LogP contribution in [0, 0.1) is 5.82 Å². The Morgan fingerprint density at radius 2 is 1.82 bits per heavy atom. The zero-order chi connectivity index (χ0) is 26.9. The van der Waals surface area contributed by atoms with E-state index in [1.54, 1.807) is 42.7 Å². The van der Waals surface area contributed by atoms with Crippen LogP contribution in [0.15, 0.2) is 77.7 Å². The third kappa shape index (κ3) is 4.67. The van der Waals surface area contributed by atoms with Gasteiger partial charge in [-0.3, -0.25) is 9.88 Å². The van der Waals surface area contributed by atoms with Gasteiger partial charge in [0.15, 0.2) is 0 Å². The predicted molar refractivity (Wildman–Crippen MR) is 144 cm³/mol. The molecule has 1 aliphatic rings. The highest BCUT2D eigenvalue weighted by atomic mass is 19.1. The van der Waals surface area contributed by atoms with E-state index >= 15 is 0 Å². The van der Waals surface area contributed by atoms with E-state index in [1.807, 2.05) is 12.1 Å². The molecule has 0 spiro atoms. The number of carboxylic acid groups (broad SMARTS) is 1. The number of aromatic nitrogens is 1. The highest BCUT2D eigenvalue weighted by molar-refractivity contribution is 6.16. The number of piperazine rings is 1. The van der Waals surface area contributed by atoms with Crippen molar-refractivity contribution in [3.63, 3.8) is 0 Å². The zero-order valence-electron chi connectivity index (χ0n) is 20.9. The second-order valence-corrected chi connectivity index (χ2v) is 9.51. The number of hydrogen-bond donors (Lipinski definition) is 3. The van der Waals surface area contributed by atoms with Crippen LogP contribution in [0.2, 0.25) is 0 Å². The summed E-state index contributed by atoms with van der Waals surface area (Å²) in [5.74, 6) is -0.991. The summed E-state index contributed by atoms with van der Waals surface area (Å²) in [5.41, 5.74) is 2.51. The van der Waals surface area contributed by atoms with Gasteiger partial charge < -0.3 is 24.7 Å². The number of hydrogen-bond acceptors (Lipinski definition) is 7. The van der Waals surface area contributed by atoms with E-state index < -0.39 is 12.0 Å². The Morgan fingerprint density at radius 1 is 1.08 bits per heavy atom. The lowest BCUT2D eigenvalue weighted by atomic mass is 9.89. The summed E-state index contributed by atoms with van der Waals surface area (Å²) in [6, 6.07) is 14.6. The van der Waals surface area contributed by atoms with Gasteiger partial charge in [-0.2, -0.15) is 0 Å². The third-order valence-corrected chi connectivity index (χ3v) is 7.17. The van der Waals surface area contributed by atoms with Crippen molar-refractivity contribution in [1.29, 1.82) is 0 Å². The first kappa shape index (κ1) is 24.8. The van der Waals surface area contributed by atoms with Gasteiger partial charge >= 0.3 is 5.97 Å². The van der Waals surface area contributed by atoms with Gasteiger partial charge in [0.1, 0.15) is 41.3 Å². The number of nitrogens with one attached hydrogen (secondary N) is 1. The predicted octanol–water partition coefficient (Wildman–Crippen LogP) is 5.10. The van der Waals surface area contributed by atoms with Gasteiger partial charge in [0.25, 0.3) is 0 Å². The number of phenolic OH excluding ortho intramolecular Hbond substituents is 1. The van der Waals surface area contributed by atoms with Gasteiger partial charge in [0, 0.05) is 60.3 Å². The molecule has 0 amide bonds. The summed E-state index contributed by atoms with van der Waals surface area (Å²) >= 11 is 0. The summed E-state index contributed by atoms with van der Waals surface area (Å²) < 4.78 is 25.1. The maximum Gasteiger partial charge on any atom is 0.339 e. The average molecular weight is 528 g/mol. The highest BCUT2D eigenvalue weighted by Gasteiger charge is 2.32. The van der Waals surface area contributed by atoms with Gasteiger partial charge in [0.05, 0.1) is 6.04 Å². The zero-order valence-corrected chi connectivity index (χ0v) is 20.9. The number of carbonyl (C=O) groups is 1. The number of pyridine rings is 1. The van der Waals surface area contributed by atoms with Crippen LogP contribution in [-0.4, -0.2) is 52.2 Å². The maximum atomic E-state index is 13.3. The normalized spacial score (nSPS) is 15.0. The molecule has 0 saturated carbocycles. The molecular weight excluding hydrogens is 501 g/mol. The Kier molecular flexibility index (Phi) is 6.60. The number of halogens is 1. The Hall–Kier alpha value is -4.47. The fourth-order valence-electron chi connectivity index (χ4n) is 5.31. The molecule has 39 heavy (non-hydrogen) atoms. The number of nitrogens with zero attached hydrogens (tertiary/aromatic N) is 2. The van der Waals surface area contributed by atoms with Crippen molar-refractivity contribution >= 4 is 27.7 Å². The number of rotatable bonds is 7. The molecule has 1 unspecified atom stereocenters. The number of aromatic hydroxyl groups is 1. The average Bonchev–Trinajstić information content (AvgIpc) is 3.41. The van der Waals surface area contributed by atoms with Crippen LogP contribution in [0.4, 0.5) is 4.39 Å². The molecule has 9 heteroatoms. The first-order chi connectivity index (χ1) is 19.0.